The van der Waals surface area contributed by atoms with Crippen molar-refractivity contribution in [1.82, 2.24) is 20.5 Å². The summed E-state index contributed by atoms with van der Waals surface area (Å²) < 4.78 is 5.52. The van der Waals surface area contributed by atoms with E-state index in [-0.39, 0.29) is 18.4 Å². The average Bonchev–Trinajstić information content (AvgIpc) is 3.20. The van der Waals surface area contributed by atoms with Crippen LogP contribution in [0.3, 0.4) is 0 Å². The van der Waals surface area contributed by atoms with Gasteiger partial charge in [0.25, 0.3) is 5.91 Å². The van der Waals surface area contributed by atoms with Gasteiger partial charge in [-0.25, -0.2) is 0 Å². The van der Waals surface area contributed by atoms with Crippen molar-refractivity contribution < 1.29 is 14.3 Å². The molecule has 0 bridgehead atoms. The molecule has 2 fully saturated rings. The van der Waals surface area contributed by atoms with E-state index in [0.717, 1.165) is 18.5 Å². The normalized spacial score (nSPS) is 23.8. The van der Waals surface area contributed by atoms with Crippen LogP contribution < -0.4 is 10.6 Å². The van der Waals surface area contributed by atoms with Gasteiger partial charge in [-0.3, -0.25) is 14.6 Å². The van der Waals surface area contributed by atoms with Crippen molar-refractivity contribution in [2.24, 2.45) is 0 Å². The van der Waals surface area contributed by atoms with Crippen LogP contribution in [0.5, 0.6) is 0 Å². The number of nitrogens with one attached hydrogen (secondary N) is 2. The molecule has 2 N–H and O–H groups in total. The molecule has 1 aliphatic heterocycles. The van der Waals surface area contributed by atoms with Gasteiger partial charge >= 0.3 is 0 Å². The van der Waals surface area contributed by atoms with Crippen molar-refractivity contribution in [3.63, 3.8) is 0 Å². The zero-order valence-electron chi connectivity index (χ0n) is 15.3. The molecule has 2 atom stereocenters. The Bertz CT molecular complexity index is 604. The van der Waals surface area contributed by atoms with Crippen molar-refractivity contribution >= 4 is 11.8 Å². The van der Waals surface area contributed by atoms with E-state index >= 15 is 0 Å². The number of nitrogens with zero attached hydrogens (tertiary/aromatic N) is 2. The first-order valence-electron chi connectivity index (χ1n) is 9.44. The lowest BCUT2D eigenvalue weighted by Crippen LogP contribution is -2.52. The average molecular weight is 360 g/mol. The molecule has 1 aromatic rings. The van der Waals surface area contributed by atoms with Crippen molar-refractivity contribution in [1.29, 1.82) is 0 Å². The van der Waals surface area contributed by atoms with Crippen molar-refractivity contribution in [2.75, 3.05) is 26.7 Å². The number of carbonyl (C=O) groups excluding carboxylic acids is 2. The van der Waals surface area contributed by atoms with Gasteiger partial charge in [-0.1, -0.05) is 18.9 Å². The third-order valence-corrected chi connectivity index (χ3v) is 5.25. The Morgan fingerprint density at radius 2 is 2.23 bits per heavy atom. The van der Waals surface area contributed by atoms with Gasteiger partial charge in [0.15, 0.2) is 6.10 Å². The minimum absolute atomic E-state index is 0.0979. The van der Waals surface area contributed by atoms with E-state index in [4.69, 9.17) is 4.74 Å². The number of rotatable bonds is 7. The van der Waals surface area contributed by atoms with E-state index in [1.54, 1.807) is 18.5 Å². The Morgan fingerprint density at radius 1 is 1.42 bits per heavy atom. The van der Waals surface area contributed by atoms with Crippen molar-refractivity contribution in [3.8, 4) is 0 Å². The molecule has 1 saturated carbocycles. The van der Waals surface area contributed by atoms with Crippen molar-refractivity contribution in [3.05, 3.63) is 30.1 Å². The lowest BCUT2D eigenvalue weighted by molar-refractivity contribution is -0.148. The Balaban J connectivity index is 1.48. The Morgan fingerprint density at radius 3 is 2.96 bits per heavy atom. The molecule has 0 radical (unpaired) electrons. The molecule has 0 aromatic carbocycles. The summed E-state index contributed by atoms with van der Waals surface area (Å²) in [6, 6.07) is 3.80. The van der Waals surface area contributed by atoms with Gasteiger partial charge in [0.05, 0.1) is 6.04 Å². The molecular formula is C19H28N4O3. The number of hydrogen-bond donors (Lipinski definition) is 2. The Hall–Kier alpha value is -1.99. The van der Waals surface area contributed by atoms with Gasteiger partial charge in [0.2, 0.25) is 5.91 Å². The minimum Gasteiger partial charge on any atom is -0.356 e. The molecule has 7 heteroatoms. The van der Waals surface area contributed by atoms with Gasteiger partial charge in [0.1, 0.15) is 6.61 Å². The van der Waals surface area contributed by atoms with Crippen LogP contribution in [0, 0.1) is 0 Å². The Kier molecular flexibility index (Phi) is 6.57. The Labute approximate surface area is 154 Å². The third kappa shape index (κ3) is 4.80. The standard InChI is InChI=1S/C19H28N4O3/c1-23(15-7-2-3-8-15)11-5-10-21-19(25)18-17(22-16(24)13-26-18)14-6-4-9-20-12-14/h4,6,9,12,15,17-18H,2-3,5,7-8,10-11,13H2,1H3,(H,21,25)(H,22,24)/t17-,18+/m1/s1. The van der Waals surface area contributed by atoms with Gasteiger partial charge < -0.3 is 20.3 Å². The second kappa shape index (κ2) is 9.09. The zero-order chi connectivity index (χ0) is 18.4. The predicted octanol–water partition coefficient (Wildman–Crippen LogP) is 1.02. The molecule has 7 nitrogen and oxygen atoms in total. The molecule has 2 amide bonds. The number of pyridine rings is 1. The molecule has 2 aliphatic rings. The quantitative estimate of drug-likeness (QED) is 0.710. The highest BCUT2D eigenvalue weighted by molar-refractivity contribution is 5.86. The highest BCUT2D eigenvalue weighted by Crippen LogP contribution is 2.23. The number of amides is 2. The molecule has 1 aliphatic carbocycles. The maximum Gasteiger partial charge on any atom is 0.251 e. The number of hydrogen-bond acceptors (Lipinski definition) is 5. The van der Waals surface area contributed by atoms with Crippen LogP contribution in [0.4, 0.5) is 0 Å². The summed E-state index contributed by atoms with van der Waals surface area (Å²) in [7, 11) is 2.16. The summed E-state index contributed by atoms with van der Waals surface area (Å²) in [6.07, 6.45) is 8.69. The molecular weight excluding hydrogens is 332 g/mol. The fourth-order valence-corrected chi connectivity index (χ4v) is 3.77. The van der Waals surface area contributed by atoms with Gasteiger partial charge in [-0.05, 0) is 44.5 Å². The maximum atomic E-state index is 12.6. The van der Waals surface area contributed by atoms with Crippen molar-refractivity contribution in [2.45, 2.75) is 50.3 Å². The second-order valence-electron chi connectivity index (χ2n) is 7.13. The molecule has 1 saturated heterocycles. The zero-order valence-corrected chi connectivity index (χ0v) is 15.3. The van der Waals surface area contributed by atoms with Crippen LogP contribution >= 0.6 is 0 Å². The second-order valence-corrected chi connectivity index (χ2v) is 7.13. The fourth-order valence-electron chi connectivity index (χ4n) is 3.77. The lowest BCUT2D eigenvalue weighted by Gasteiger charge is -2.31. The predicted molar refractivity (Wildman–Crippen MR) is 97.4 cm³/mol. The fraction of sp³-hybridized carbons (Fsp3) is 0.632. The number of ether oxygens (including phenoxy) is 1. The first kappa shape index (κ1) is 18.8. The topological polar surface area (TPSA) is 83.6 Å². The summed E-state index contributed by atoms with van der Waals surface area (Å²) in [6.45, 7) is 1.47. The summed E-state index contributed by atoms with van der Waals surface area (Å²) >= 11 is 0. The van der Waals surface area contributed by atoms with Gasteiger partial charge in [-0.2, -0.15) is 0 Å². The van der Waals surface area contributed by atoms with Gasteiger partial charge in [-0.15, -0.1) is 0 Å². The molecule has 0 spiro atoms. The first-order chi connectivity index (χ1) is 12.6. The summed E-state index contributed by atoms with van der Waals surface area (Å²) in [4.78, 5) is 30.7. The molecule has 142 valence electrons. The minimum atomic E-state index is -0.732. The summed E-state index contributed by atoms with van der Waals surface area (Å²) in [5, 5.41) is 5.79. The van der Waals surface area contributed by atoms with Crippen LogP contribution in [-0.4, -0.2) is 60.6 Å². The highest BCUT2D eigenvalue weighted by atomic mass is 16.5. The smallest absolute Gasteiger partial charge is 0.251 e. The van der Waals surface area contributed by atoms with Crippen LogP contribution in [0.15, 0.2) is 24.5 Å². The molecule has 0 unspecified atom stereocenters. The van der Waals surface area contributed by atoms with E-state index in [1.807, 2.05) is 6.07 Å². The number of carbonyl (C=O) groups is 2. The van der Waals surface area contributed by atoms with E-state index in [0.29, 0.717) is 12.6 Å². The number of morpholine rings is 1. The van der Waals surface area contributed by atoms with Crippen LogP contribution in [0.25, 0.3) is 0 Å². The van der Waals surface area contributed by atoms with E-state index in [9.17, 15) is 9.59 Å². The van der Waals surface area contributed by atoms with E-state index in [1.165, 1.54) is 25.7 Å². The SMILES string of the molecule is CN(CCCNC(=O)[C@H]1OCC(=O)N[C@@H]1c1cccnc1)C1CCCC1. The van der Waals surface area contributed by atoms with Crippen LogP contribution in [0.1, 0.15) is 43.7 Å². The lowest BCUT2D eigenvalue weighted by atomic mass is 10.0. The monoisotopic (exact) mass is 360 g/mol. The maximum absolute atomic E-state index is 12.6. The van der Waals surface area contributed by atoms with Crippen LogP contribution in [-0.2, 0) is 14.3 Å². The van der Waals surface area contributed by atoms with E-state index < -0.39 is 12.1 Å². The number of aromatic nitrogens is 1. The first-order valence-corrected chi connectivity index (χ1v) is 9.44. The summed E-state index contributed by atoms with van der Waals surface area (Å²) in [5.74, 6) is -0.413. The third-order valence-electron chi connectivity index (χ3n) is 5.25. The van der Waals surface area contributed by atoms with Gasteiger partial charge in [0, 0.05) is 25.0 Å². The molecule has 3 rings (SSSR count). The van der Waals surface area contributed by atoms with Crippen LogP contribution in [0.2, 0.25) is 0 Å². The molecule has 26 heavy (non-hydrogen) atoms. The summed E-state index contributed by atoms with van der Waals surface area (Å²) in [5.41, 5.74) is 0.765. The largest absolute Gasteiger partial charge is 0.356 e. The highest BCUT2D eigenvalue weighted by Gasteiger charge is 2.36. The van der Waals surface area contributed by atoms with E-state index in [2.05, 4.69) is 27.6 Å². The molecule has 1 aromatic heterocycles. The molecule has 2 heterocycles.